The van der Waals surface area contributed by atoms with Gasteiger partial charge in [0, 0.05) is 18.3 Å². The minimum Gasteiger partial charge on any atom is -0.483 e. The Kier molecular flexibility index (Phi) is 5.53. The molecule has 6 heteroatoms. The first-order valence-electron chi connectivity index (χ1n) is 8.00. The summed E-state index contributed by atoms with van der Waals surface area (Å²) in [6.45, 7) is -0.138. The highest BCUT2D eigenvalue weighted by Gasteiger charge is 2.10. The van der Waals surface area contributed by atoms with Crippen LogP contribution in [0.15, 0.2) is 65.1 Å². The molecule has 0 atom stereocenters. The Bertz CT molecular complexity index is 972. The van der Waals surface area contributed by atoms with Crippen molar-refractivity contribution < 1.29 is 14.3 Å². The smallest absolute Gasteiger partial charge is 0.262 e. The van der Waals surface area contributed by atoms with Crippen molar-refractivity contribution in [2.24, 2.45) is 0 Å². The van der Waals surface area contributed by atoms with E-state index in [0.29, 0.717) is 17.0 Å². The quantitative estimate of drug-likeness (QED) is 0.665. The number of halogens is 1. The molecule has 0 aliphatic rings. The van der Waals surface area contributed by atoms with Crippen molar-refractivity contribution in [1.82, 2.24) is 5.32 Å². The maximum atomic E-state index is 12.2. The molecule has 5 nitrogen and oxygen atoms in total. The molecule has 3 rings (SSSR count). The summed E-state index contributed by atoms with van der Waals surface area (Å²) in [5.41, 5.74) is 1.01. The molecule has 0 aliphatic heterocycles. The van der Waals surface area contributed by atoms with Crippen molar-refractivity contribution in [1.29, 1.82) is 0 Å². The number of fused-ring (bicyclic) bond motifs is 1. The molecule has 0 heterocycles. The summed E-state index contributed by atoms with van der Waals surface area (Å²) in [6.07, 6.45) is 0. The fourth-order valence-corrected chi connectivity index (χ4v) is 3.16. The van der Waals surface area contributed by atoms with Gasteiger partial charge in [-0.1, -0.05) is 36.4 Å². The van der Waals surface area contributed by atoms with E-state index >= 15 is 0 Å². The fraction of sp³-hybridized carbons (Fsp3) is 0.100. The summed E-state index contributed by atoms with van der Waals surface area (Å²) in [4.78, 5) is 23.8. The SMILES string of the molecule is CNC(=O)c1cccc(NC(=O)COc2ccc3ccccc3c2Br)c1. The first-order chi connectivity index (χ1) is 12.6. The van der Waals surface area contributed by atoms with Gasteiger partial charge in [0.05, 0.1) is 4.47 Å². The van der Waals surface area contributed by atoms with Crippen LogP contribution in [-0.4, -0.2) is 25.5 Å². The Morgan fingerprint density at radius 3 is 2.65 bits per heavy atom. The first-order valence-corrected chi connectivity index (χ1v) is 8.80. The van der Waals surface area contributed by atoms with Crippen molar-refractivity contribution in [2.75, 3.05) is 19.0 Å². The topological polar surface area (TPSA) is 67.4 Å². The van der Waals surface area contributed by atoms with Gasteiger partial charge in [0.25, 0.3) is 11.8 Å². The Labute approximate surface area is 159 Å². The Balaban J connectivity index is 1.66. The van der Waals surface area contributed by atoms with Crippen LogP contribution in [0.25, 0.3) is 10.8 Å². The molecule has 0 saturated carbocycles. The van der Waals surface area contributed by atoms with Crippen molar-refractivity contribution in [3.05, 3.63) is 70.7 Å². The van der Waals surface area contributed by atoms with Gasteiger partial charge >= 0.3 is 0 Å². The van der Waals surface area contributed by atoms with Crippen LogP contribution >= 0.6 is 15.9 Å². The van der Waals surface area contributed by atoms with E-state index in [4.69, 9.17) is 4.74 Å². The van der Waals surface area contributed by atoms with Gasteiger partial charge in [-0.2, -0.15) is 0 Å². The number of anilines is 1. The second kappa shape index (κ2) is 8.01. The minimum atomic E-state index is -0.306. The van der Waals surface area contributed by atoms with Gasteiger partial charge in [-0.25, -0.2) is 0 Å². The third-order valence-corrected chi connectivity index (χ3v) is 4.64. The molecule has 0 radical (unpaired) electrons. The van der Waals surface area contributed by atoms with Crippen molar-refractivity contribution in [3.8, 4) is 5.75 Å². The van der Waals surface area contributed by atoms with Crippen LogP contribution in [0.4, 0.5) is 5.69 Å². The van der Waals surface area contributed by atoms with E-state index in [1.165, 1.54) is 0 Å². The zero-order chi connectivity index (χ0) is 18.5. The van der Waals surface area contributed by atoms with Gasteiger partial charge in [-0.15, -0.1) is 0 Å². The fourth-order valence-electron chi connectivity index (χ4n) is 2.55. The van der Waals surface area contributed by atoms with Crippen LogP contribution < -0.4 is 15.4 Å². The number of carbonyl (C=O) groups is 2. The van der Waals surface area contributed by atoms with Crippen LogP contribution in [0.2, 0.25) is 0 Å². The molecular weight excluding hydrogens is 396 g/mol. The van der Waals surface area contributed by atoms with Gasteiger partial charge < -0.3 is 15.4 Å². The van der Waals surface area contributed by atoms with E-state index in [-0.39, 0.29) is 18.4 Å². The van der Waals surface area contributed by atoms with E-state index in [9.17, 15) is 9.59 Å². The zero-order valence-corrected chi connectivity index (χ0v) is 15.7. The Hall–Kier alpha value is -2.86. The average molecular weight is 413 g/mol. The number of nitrogens with one attached hydrogen (secondary N) is 2. The highest BCUT2D eigenvalue weighted by Crippen LogP contribution is 2.33. The molecule has 132 valence electrons. The highest BCUT2D eigenvalue weighted by molar-refractivity contribution is 9.10. The number of hydrogen-bond donors (Lipinski definition) is 2. The second-order valence-corrected chi connectivity index (χ2v) is 6.39. The number of ether oxygens (including phenoxy) is 1. The number of hydrogen-bond acceptors (Lipinski definition) is 3. The van der Waals surface area contributed by atoms with Gasteiger partial charge in [0.15, 0.2) is 6.61 Å². The molecule has 0 saturated heterocycles. The predicted octanol–water partition coefficient (Wildman–Crippen LogP) is 3.98. The van der Waals surface area contributed by atoms with Crippen LogP contribution in [-0.2, 0) is 4.79 Å². The summed E-state index contributed by atoms with van der Waals surface area (Å²) in [7, 11) is 1.56. The van der Waals surface area contributed by atoms with E-state index < -0.39 is 0 Å². The lowest BCUT2D eigenvalue weighted by atomic mass is 10.1. The minimum absolute atomic E-state index is 0.138. The molecule has 0 fully saturated rings. The van der Waals surface area contributed by atoms with Crippen LogP contribution in [0.5, 0.6) is 5.75 Å². The second-order valence-electron chi connectivity index (χ2n) is 5.60. The van der Waals surface area contributed by atoms with E-state index in [0.717, 1.165) is 15.2 Å². The maximum Gasteiger partial charge on any atom is 0.262 e. The van der Waals surface area contributed by atoms with E-state index in [1.54, 1.807) is 31.3 Å². The van der Waals surface area contributed by atoms with Gasteiger partial charge in [-0.05, 0) is 51.0 Å². The molecule has 2 amide bonds. The first kappa shape index (κ1) is 17.9. The van der Waals surface area contributed by atoms with Crippen molar-refractivity contribution in [3.63, 3.8) is 0 Å². The van der Waals surface area contributed by atoms with Crippen LogP contribution in [0.1, 0.15) is 10.4 Å². The highest BCUT2D eigenvalue weighted by atomic mass is 79.9. The normalized spacial score (nSPS) is 10.4. The third-order valence-electron chi connectivity index (χ3n) is 3.82. The molecule has 0 aliphatic carbocycles. The lowest BCUT2D eigenvalue weighted by Gasteiger charge is -2.11. The largest absolute Gasteiger partial charge is 0.483 e. The van der Waals surface area contributed by atoms with Crippen LogP contribution in [0.3, 0.4) is 0 Å². The van der Waals surface area contributed by atoms with Crippen LogP contribution in [0, 0.1) is 0 Å². The molecule has 0 unspecified atom stereocenters. The monoisotopic (exact) mass is 412 g/mol. The lowest BCUT2D eigenvalue weighted by molar-refractivity contribution is -0.118. The van der Waals surface area contributed by atoms with Gasteiger partial charge in [0.2, 0.25) is 0 Å². The number of amides is 2. The third kappa shape index (κ3) is 4.03. The molecule has 3 aromatic rings. The molecule has 0 bridgehead atoms. The van der Waals surface area contributed by atoms with E-state index in [1.807, 2.05) is 36.4 Å². The summed E-state index contributed by atoms with van der Waals surface area (Å²) in [5.74, 6) is 0.0783. The molecule has 2 N–H and O–H groups in total. The molecule has 0 spiro atoms. The average Bonchev–Trinajstić information content (AvgIpc) is 2.67. The number of carbonyl (C=O) groups excluding carboxylic acids is 2. The zero-order valence-electron chi connectivity index (χ0n) is 14.1. The molecular formula is C20H17BrN2O3. The number of rotatable bonds is 5. The lowest BCUT2D eigenvalue weighted by Crippen LogP contribution is -2.21. The summed E-state index contributed by atoms with van der Waals surface area (Å²) >= 11 is 3.53. The molecule has 26 heavy (non-hydrogen) atoms. The van der Waals surface area contributed by atoms with Gasteiger partial charge in [0.1, 0.15) is 5.75 Å². The van der Waals surface area contributed by atoms with Crippen molar-refractivity contribution >= 4 is 44.2 Å². The summed E-state index contributed by atoms with van der Waals surface area (Å²) in [6, 6.07) is 18.4. The molecule has 3 aromatic carbocycles. The van der Waals surface area contributed by atoms with Crippen molar-refractivity contribution in [2.45, 2.75) is 0 Å². The number of benzene rings is 3. The Morgan fingerprint density at radius 1 is 1.04 bits per heavy atom. The Morgan fingerprint density at radius 2 is 1.85 bits per heavy atom. The van der Waals surface area contributed by atoms with E-state index in [2.05, 4.69) is 26.6 Å². The maximum absolute atomic E-state index is 12.2. The standard InChI is InChI=1S/C20H17BrN2O3/c1-22-20(25)14-6-4-7-15(11-14)23-18(24)12-26-17-10-9-13-5-2-3-8-16(13)19(17)21/h2-11H,12H2,1H3,(H,22,25)(H,23,24). The predicted molar refractivity (Wildman–Crippen MR) is 106 cm³/mol. The molecule has 0 aromatic heterocycles. The summed E-state index contributed by atoms with van der Waals surface area (Å²) < 4.78 is 6.45. The summed E-state index contributed by atoms with van der Waals surface area (Å²) in [5, 5.41) is 7.38. The van der Waals surface area contributed by atoms with Gasteiger partial charge in [-0.3, -0.25) is 9.59 Å².